The number of aliphatic imine (C=N–C) groups is 1. The Morgan fingerprint density at radius 3 is 2.67 bits per heavy atom. The molecule has 0 spiro atoms. The molecule has 6 nitrogen and oxygen atoms in total. The monoisotopic (exact) mass is 519 g/mol. The fraction of sp³-hybridized carbons (Fsp3) is 0.391. The Bertz CT molecular complexity index is 873. The van der Waals surface area contributed by atoms with Gasteiger partial charge in [0, 0.05) is 43.6 Å². The van der Waals surface area contributed by atoms with Crippen LogP contribution in [0.25, 0.3) is 0 Å². The van der Waals surface area contributed by atoms with E-state index in [1.807, 2.05) is 36.1 Å². The van der Waals surface area contributed by atoms with Gasteiger partial charge in [-0.25, -0.2) is 4.99 Å². The third-order valence-corrected chi connectivity index (χ3v) is 5.56. The van der Waals surface area contributed by atoms with Crippen molar-refractivity contribution in [2.24, 2.45) is 4.99 Å². The predicted octanol–water partition coefficient (Wildman–Crippen LogP) is 3.03. The van der Waals surface area contributed by atoms with E-state index in [1.165, 1.54) is 11.3 Å². The molecule has 2 aliphatic rings. The highest BCUT2D eigenvalue weighted by Gasteiger charge is 2.25. The molecule has 1 saturated heterocycles. The Balaban J connectivity index is 0.00000256. The lowest BCUT2D eigenvalue weighted by atomic mass is 10.2. The maximum absolute atomic E-state index is 12.7. The predicted molar refractivity (Wildman–Crippen MR) is 134 cm³/mol. The first-order valence-corrected chi connectivity index (χ1v) is 10.5. The summed E-state index contributed by atoms with van der Waals surface area (Å²) in [4.78, 5) is 21.6. The fourth-order valence-electron chi connectivity index (χ4n) is 4.09. The second-order valence-electron chi connectivity index (χ2n) is 7.53. The number of fused-ring (bicyclic) bond motifs is 1. The Kier molecular flexibility index (Phi) is 7.95. The molecule has 2 aliphatic heterocycles. The van der Waals surface area contributed by atoms with Gasteiger partial charge in [-0.1, -0.05) is 36.4 Å². The van der Waals surface area contributed by atoms with Crippen LogP contribution in [0.15, 0.2) is 59.6 Å². The van der Waals surface area contributed by atoms with Gasteiger partial charge in [-0.15, -0.1) is 24.0 Å². The van der Waals surface area contributed by atoms with Gasteiger partial charge in [-0.05, 0) is 43.5 Å². The lowest BCUT2D eigenvalue weighted by molar-refractivity contribution is -0.117. The zero-order valence-electron chi connectivity index (χ0n) is 17.4. The van der Waals surface area contributed by atoms with Crippen LogP contribution in [0, 0.1) is 0 Å². The lowest BCUT2D eigenvalue weighted by Gasteiger charge is -2.21. The normalized spacial score (nSPS) is 18.0. The number of benzene rings is 2. The molecule has 160 valence electrons. The fourth-order valence-corrected chi connectivity index (χ4v) is 4.09. The lowest BCUT2D eigenvalue weighted by Crippen LogP contribution is -2.45. The van der Waals surface area contributed by atoms with Crippen molar-refractivity contribution in [3.63, 3.8) is 0 Å². The standard InChI is InChI=1S/C23H29N5O.HI/c1-2-24-23(26-19-13-14-27(17-19)20-9-4-3-5-10-20)25-16-22(29)28-15-12-18-8-6-7-11-21(18)28;/h3-11,19H,2,12-17H2,1H3,(H2,24,25,26);1H. The van der Waals surface area contributed by atoms with Gasteiger partial charge in [-0.2, -0.15) is 0 Å². The minimum absolute atomic E-state index is 0. The molecule has 1 unspecified atom stereocenters. The average Bonchev–Trinajstić information content (AvgIpc) is 3.40. The molecular weight excluding hydrogens is 489 g/mol. The number of halogens is 1. The van der Waals surface area contributed by atoms with Gasteiger partial charge in [0.2, 0.25) is 5.91 Å². The molecule has 2 heterocycles. The van der Waals surface area contributed by atoms with E-state index in [0.29, 0.717) is 12.0 Å². The molecular formula is C23H30IN5O. The molecule has 30 heavy (non-hydrogen) atoms. The van der Waals surface area contributed by atoms with Gasteiger partial charge in [0.25, 0.3) is 0 Å². The molecule has 1 atom stereocenters. The molecule has 0 bridgehead atoms. The first-order chi connectivity index (χ1) is 14.2. The summed E-state index contributed by atoms with van der Waals surface area (Å²) in [6.45, 7) is 5.65. The first-order valence-electron chi connectivity index (χ1n) is 10.5. The summed E-state index contributed by atoms with van der Waals surface area (Å²) < 4.78 is 0. The van der Waals surface area contributed by atoms with Crippen molar-refractivity contribution in [1.82, 2.24) is 10.6 Å². The van der Waals surface area contributed by atoms with Crippen LogP contribution in [0.1, 0.15) is 18.9 Å². The van der Waals surface area contributed by atoms with Gasteiger partial charge in [0.1, 0.15) is 6.54 Å². The Labute approximate surface area is 195 Å². The number of nitrogens with zero attached hydrogens (tertiary/aromatic N) is 3. The topological polar surface area (TPSA) is 60.0 Å². The van der Waals surface area contributed by atoms with E-state index >= 15 is 0 Å². The van der Waals surface area contributed by atoms with E-state index in [4.69, 9.17) is 0 Å². The van der Waals surface area contributed by atoms with Gasteiger partial charge in [0.15, 0.2) is 5.96 Å². The highest BCUT2D eigenvalue weighted by atomic mass is 127. The summed E-state index contributed by atoms with van der Waals surface area (Å²) in [5, 5.41) is 6.79. The van der Waals surface area contributed by atoms with Crippen molar-refractivity contribution in [2.45, 2.75) is 25.8 Å². The third-order valence-electron chi connectivity index (χ3n) is 5.56. The summed E-state index contributed by atoms with van der Waals surface area (Å²) in [6, 6.07) is 18.9. The van der Waals surface area contributed by atoms with Crippen molar-refractivity contribution in [3.05, 3.63) is 60.2 Å². The Hall–Kier alpha value is -2.29. The number of nitrogens with one attached hydrogen (secondary N) is 2. The van der Waals surface area contributed by atoms with Crippen LogP contribution in [0.4, 0.5) is 11.4 Å². The summed E-state index contributed by atoms with van der Waals surface area (Å²) in [5.74, 6) is 0.762. The second kappa shape index (κ2) is 10.7. The van der Waals surface area contributed by atoms with Crippen LogP contribution in [0.3, 0.4) is 0 Å². The maximum Gasteiger partial charge on any atom is 0.248 e. The van der Waals surface area contributed by atoms with Crippen molar-refractivity contribution in [1.29, 1.82) is 0 Å². The molecule has 0 aliphatic carbocycles. The molecule has 0 aromatic heterocycles. The third kappa shape index (κ3) is 5.24. The highest BCUT2D eigenvalue weighted by molar-refractivity contribution is 14.0. The maximum atomic E-state index is 12.7. The number of hydrogen-bond donors (Lipinski definition) is 2. The molecule has 1 amide bonds. The molecule has 0 saturated carbocycles. The van der Waals surface area contributed by atoms with E-state index in [2.05, 4.69) is 50.9 Å². The number of rotatable bonds is 5. The summed E-state index contributed by atoms with van der Waals surface area (Å²) in [6.07, 6.45) is 1.97. The van der Waals surface area contributed by atoms with Gasteiger partial charge in [-0.3, -0.25) is 4.79 Å². The van der Waals surface area contributed by atoms with E-state index in [0.717, 1.165) is 44.7 Å². The van der Waals surface area contributed by atoms with Gasteiger partial charge >= 0.3 is 0 Å². The Morgan fingerprint density at radius 2 is 1.87 bits per heavy atom. The van der Waals surface area contributed by atoms with Crippen LogP contribution in [-0.2, 0) is 11.2 Å². The molecule has 2 aromatic rings. The van der Waals surface area contributed by atoms with Crippen molar-refractivity contribution >= 4 is 47.2 Å². The Morgan fingerprint density at radius 1 is 1.10 bits per heavy atom. The van der Waals surface area contributed by atoms with Crippen LogP contribution in [0.2, 0.25) is 0 Å². The van der Waals surface area contributed by atoms with Gasteiger partial charge in [0.05, 0.1) is 0 Å². The van der Waals surface area contributed by atoms with E-state index in [1.54, 1.807) is 0 Å². The quantitative estimate of drug-likeness (QED) is 0.363. The molecule has 0 radical (unpaired) electrons. The number of hydrogen-bond acceptors (Lipinski definition) is 3. The number of anilines is 2. The number of carbonyl (C=O) groups is 1. The minimum Gasteiger partial charge on any atom is -0.369 e. The first kappa shape index (κ1) is 22.4. The second-order valence-corrected chi connectivity index (χ2v) is 7.53. The molecule has 1 fully saturated rings. The van der Waals surface area contributed by atoms with Crippen molar-refractivity contribution in [3.8, 4) is 0 Å². The molecule has 7 heteroatoms. The van der Waals surface area contributed by atoms with Crippen LogP contribution in [0.5, 0.6) is 0 Å². The zero-order chi connectivity index (χ0) is 20.1. The van der Waals surface area contributed by atoms with Crippen LogP contribution >= 0.6 is 24.0 Å². The minimum atomic E-state index is 0. The zero-order valence-corrected chi connectivity index (χ0v) is 19.7. The summed E-state index contributed by atoms with van der Waals surface area (Å²) in [5.41, 5.74) is 3.52. The number of carbonyl (C=O) groups excluding carboxylic acids is 1. The molecule has 2 N–H and O–H groups in total. The summed E-state index contributed by atoms with van der Waals surface area (Å²) >= 11 is 0. The highest BCUT2D eigenvalue weighted by Crippen LogP contribution is 2.27. The molecule has 2 aromatic carbocycles. The van der Waals surface area contributed by atoms with E-state index in [9.17, 15) is 4.79 Å². The number of para-hydroxylation sites is 2. The summed E-state index contributed by atoms with van der Waals surface area (Å²) in [7, 11) is 0. The average molecular weight is 519 g/mol. The van der Waals surface area contributed by atoms with E-state index < -0.39 is 0 Å². The largest absolute Gasteiger partial charge is 0.369 e. The van der Waals surface area contributed by atoms with Gasteiger partial charge < -0.3 is 20.4 Å². The SMILES string of the molecule is CCNC(=NCC(=O)N1CCc2ccccc21)NC1CCN(c2ccccc2)C1.I. The number of guanidine groups is 1. The smallest absolute Gasteiger partial charge is 0.248 e. The molecule has 4 rings (SSSR count). The van der Waals surface area contributed by atoms with Crippen LogP contribution < -0.4 is 20.4 Å². The van der Waals surface area contributed by atoms with Crippen molar-refractivity contribution < 1.29 is 4.79 Å². The van der Waals surface area contributed by atoms with E-state index in [-0.39, 0.29) is 36.4 Å². The number of amides is 1. The van der Waals surface area contributed by atoms with Crippen LogP contribution in [-0.4, -0.2) is 50.6 Å². The van der Waals surface area contributed by atoms with Crippen molar-refractivity contribution in [2.75, 3.05) is 42.5 Å².